The summed E-state index contributed by atoms with van der Waals surface area (Å²) in [5.74, 6) is -7.26. The van der Waals surface area contributed by atoms with Crippen LogP contribution in [0.5, 0.6) is 0 Å². The maximum atomic E-state index is 14.8. The quantitative estimate of drug-likeness (QED) is 0.0159. The van der Waals surface area contributed by atoms with E-state index in [2.05, 4.69) is 73.8 Å². The summed E-state index contributed by atoms with van der Waals surface area (Å²) in [5.41, 5.74) is 24.8. The van der Waals surface area contributed by atoms with Gasteiger partial charge in [0.25, 0.3) is 0 Å². The Kier molecular flexibility index (Phi) is 35.5. The fourth-order valence-corrected chi connectivity index (χ4v) is 13.4. The van der Waals surface area contributed by atoms with Crippen LogP contribution in [0.1, 0.15) is 154 Å². The molecule has 5 rings (SSSR count). The van der Waals surface area contributed by atoms with Gasteiger partial charge in [0.05, 0.1) is 12.1 Å². The second-order valence-electron chi connectivity index (χ2n) is 25.8. The molecule has 2 saturated heterocycles. The number of guanidine groups is 1. The normalized spacial score (nSPS) is 17.3. The molecule has 0 bridgehead atoms. The topological polar surface area (TPSA) is 481 Å². The lowest BCUT2D eigenvalue weighted by molar-refractivity contribution is -0.137. The number of aliphatic imine (C=N–C) groups is 1. The number of likely N-dealkylation sites (N-methyl/N-ethyl adjacent to an activating group) is 1. The summed E-state index contributed by atoms with van der Waals surface area (Å²) in [7, 11) is 1.46. The van der Waals surface area contributed by atoms with Crippen molar-refractivity contribution in [1.29, 1.82) is 0 Å². The number of thioether (sulfide) groups is 1. The van der Waals surface area contributed by atoms with Crippen molar-refractivity contribution in [3.05, 3.63) is 71.9 Å². The number of nitrogens with one attached hydrogen (secondary N) is 13. The number of hydrogen-bond acceptors (Lipinski definition) is 15. The molecule has 12 atom stereocenters. The molecule has 2 fully saturated rings. The third kappa shape index (κ3) is 28.0. The van der Waals surface area contributed by atoms with Gasteiger partial charge in [0.15, 0.2) is 5.96 Å². The van der Waals surface area contributed by atoms with E-state index >= 15 is 0 Å². The highest BCUT2D eigenvalue weighted by Gasteiger charge is 2.43. The molecule has 0 spiro atoms. The number of carbonyl (C=O) groups excluding carboxylic acids is 12. The van der Waals surface area contributed by atoms with Crippen LogP contribution in [0.2, 0.25) is 0 Å². The number of benzene rings is 2. The summed E-state index contributed by atoms with van der Waals surface area (Å²) in [6.45, 7) is 7.79. The Morgan fingerprint density at radius 2 is 1.12 bits per heavy atom. The number of hydrogen-bond donors (Lipinski definition) is 17. The molecular formula is C69H108N18O12S. The van der Waals surface area contributed by atoms with E-state index in [0.29, 0.717) is 68.7 Å². The van der Waals surface area contributed by atoms with Gasteiger partial charge < -0.3 is 91.7 Å². The van der Waals surface area contributed by atoms with Crippen LogP contribution in [0, 0.1) is 11.8 Å². The fourth-order valence-electron chi connectivity index (χ4n) is 11.9. The molecule has 552 valence electrons. The number of nitrogens with two attached hydrogens (primary N) is 4. The molecule has 3 aromatic rings. The highest BCUT2D eigenvalue weighted by atomic mass is 32.2. The van der Waals surface area contributed by atoms with Crippen molar-refractivity contribution in [2.24, 2.45) is 39.8 Å². The molecule has 0 radical (unpaired) electrons. The highest BCUT2D eigenvalue weighted by Crippen LogP contribution is 2.33. The van der Waals surface area contributed by atoms with Gasteiger partial charge in [-0.1, -0.05) is 102 Å². The van der Waals surface area contributed by atoms with Gasteiger partial charge in [0.2, 0.25) is 65.0 Å². The summed E-state index contributed by atoms with van der Waals surface area (Å²) in [4.78, 5) is 170. The molecule has 21 N–H and O–H groups in total. The number of amides is 13. The molecule has 30 nitrogen and oxygen atoms in total. The van der Waals surface area contributed by atoms with Gasteiger partial charge in [-0.3, -0.25) is 57.7 Å². The van der Waals surface area contributed by atoms with Crippen molar-refractivity contribution in [1.82, 2.24) is 68.8 Å². The number of aromatic nitrogens is 1. The van der Waals surface area contributed by atoms with Crippen molar-refractivity contribution in [3.63, 3.8) is 0 Å². The summed E-state index contributed by atoms with van der Waals surface area (Å²) < 4.78 is 0. The third-order valence-corrected chi connectivity index (χ3v) is 19.6. The molecule has 13 amide bonds. The zero-order chi connectivity index (χ0) is 73.1. The number of unbranched alkanes of at least 4 members (excludes halogenated alkanes) is 4. The van der Waals surface area contributed by atoms with E-state index < -0.39 is 107 Å². The number of carbonyl (C=O) groups is 12. The Morgan fingerprint density at radius 3 is 1.76 bits per heavy atom. The molecular weight excluding hydrogens is 1300 g/mol. The van der Waals surface area contributed by atoms with Gasteiger partial charge in [-0.2, -0.15) is 11.8 Å². The van der Waals surface area contributed by atoms with E-state index in [1.54, 1.807) is 27.0 Å². The number of rotatable bonds is 47. The summed E-state index contributed by atoms with van der Waals surface area (Å²) in [6.07, 6.45) is 7.74. The average molecular weight is 1410 g/mol. The predicted molar refractivity (Wildman–Crippen MR) is 383 cm³/mol. The number of urea groups is 1. The molecule has 0 saturated carbocycles. The second-order valence-corrected chi connectivity index (χ2v) is 27.1. The van der Waals surface area contributed by atoms with Crippen molar-refractivity contribution >= 4 is 99.6 Å². The first-order chi connectivity index (χ1) is 47.9. The Morgan fingerprint density at radius 1 is 0.560 bits per heavy atom. The maximum absolute atomic E-state index is 14.8. The minimum Gasteiger partial charge on any atom is -0.370 e. The van der Waals surface area contributed by atoms with Crippen LogP contribution >= 0.6 is 11.8 Å². The van der Waals surface area contributed by atoms with Crippen molar-refractivity contribution < 1.29 is 57.5 Å². The number of primary amides is 1. The number of nitrogens with zero attached hydrogens (tertiary/aromatic N) is 1. The molecule has 3 unspecified atom stereocenters. The fraction of sp³-hybridized carbons (Fsp3) is 0.609. The SMILES string of the molecule is CCC(C)[C@H](NC(=O)[C@H](CCCCN)NC(=O)[C@@H](NC(=O)[C@H](CCC(N)=O)NC(=O)[C@H](CCCN=C(N)N)NC(=O)CCNC(=O)CCCCCNC(=O)CCCCC1SC[C@@H]2NC(=O)N[C@H]12)C(C)CC)C(=O)N[C@@H](Cc1c[nH]c2ccccc12)C(=O)N[C@@H](Cc1ccccc1)C(=O)NC. The minimum atomic E-state index is -1.49. The van der Waals surface area contributed by atoms with Crippen LogP contribution in [0.4, 0.5) is 4.79 Å². The van der Waals surface area contributed by atoms with Crippen LogP contribution in [0.3, 0.4) is 0 Å². The predicted octanol–water partition coefficient (Wildman–Crippen LogP) is 0.542. The lowest BCUT2D eigenvalue weighted by Gasteiger charge is -2.31. The number of fused-ring (bicyclic) bond motifs is 2. The summed E-state index contributed by atoms with van der Waals surface area (Å²) >= 11 is 1.85. The molecule has 100 heavy (non-hydrogen) atoms. The lowest BCUT2D eigenvalue weighted by Crippen LogP contribution is -2.62. The van der Waals surface area contributed by atoms with Gasteiger partial charge in [-0.25, -0.2) is 4.79 Å². The second kappa shape index (κ2) is 43.5. The third-order valence-electron chi connectivity index (χ3n) is 18.1. The number of aromatic amines is 1. The summed E-state index contributed by atoms with van der Waals surface area (Å²) in [6, 6.07) is 7.80. The molecule has 2 aliphatic heterocycles. The first-order valence-corrected chi connectivity index (χ1v) is 36.2. The van der Waals surface area contributed by atoms with E-state index in [1.807, 2.05) is 73.3 Å². The minimum absolute atomic E-state index is 0.0102. The molecule has 31 heteroatoms. The first kappa shape index (κ1) is 81.7. The smallest absolute Gasteiger partial charge is 0.315 e. The highest BCUT2D eigenvalue weighted by molar-refractivity contribution is 8.00. The van der Waals surface area contributed by atoms with Crippen LogP contribution < -0.4 is 86.7 Å². The van der Waals surface area contributed by atoms with E-state index in [9.17, 15) is 57.5 Å². The van der Waals surface area contributed by atoms with E-state index in [1.165, 1.54) is 7.05 Å². The number of H-pyrrole nitrogens is 1. The summed E-state index contributed by atoms with van der Waals surface area (Å²) in [5, 5.41) is 34.7. The first-order valence-electron chi connectivity index (χ1n) is 35.1. The standard InChI is InChI=1S/C69H108N18O12S/c1-6-41(3)58(66(97)81-48(25-17-18-33-70)63(94)85-59(42(4)7-2)67(98)83-51(38-44-39-78-46-24-14-13-23-45(44)46)65(96)82-50(61(92)74-5)37-43-21-10-8-11-22-43)86-64(95)49(30-31-54(71)88)80-62(93)47(26-20-35-77-68(72)73)79-57(91)32-36-76-56(90)28-12-9-19-34-75-55(89)29-16-15-27-53-60-52(40-100-53)84-69(99)87-60/h8,10-11,13-14,21-24,39,41-42,47-53,58-60,78H,6-7,9,12,15-20,25-38,40,70H2,1-5H3,(H2,71,88)(H,74,92)(H,75,89)(H,76,90)(H,79,91)(H,80,93)(H,81,97)(H,82,96)(H,83,98)(H,85,94)(H,86,95)(H4,72,73,77)(H2,84,87,99)/t41?,42?,47-,48-,49-,50-,51-,52-,53?,58-,59-,60-/m0/s1. The van der Waals surface area contributed by atoms with E-state index in [4.69, 9.17) is 22.9 Å². The molecule has 0 aliphatic carbocycles. The van der Waals surface area contributed by atoms with Crippen LogP contribution in [0.25, 0.3) is 10.9 Å². The Bertz CT molecular complexity index is 3220. The van der Waals surface area contributed by atoms with Gasteiger partial charge >= 0.3 is 6.03 Å². The largest absolute Gasteiger partial charge is 0.370 e. The monoisotopic (exact) mass is 1410 g/mol. The Balaban J connectivity index is 1.21. The maximum Gasteiger partial charge on any atom is 0.315 e. The zero-order valence-electron chi connectivity index (χ0n) is 58.4. The van der Waals surface area contributed by atoms with Crippen molar-refractivity contribution in [2.45, 2.75) is 216 Å². The zero-order valence-corrected chi connectivity index (χ0v) is 59.3. The molecule has 2 aromatic carbocycles. The van der Waals surface area contributed by atoms with Gasteiger partial charge in [-0.05, 0) is 99.8 Å². The van der Waals surface area contributed by atoms with Crippen LogP contribution in [0.15, 0.2) is 65.8 Å². The van der Waals surface area contributed by atoms with Gasteiger partial charge in [-0.15, -0.1) is 0 Å². The average Bonchev–Trinajstić information content (AvgIpc) is 1.68. The van der Waals surface area contributed by atoms with Gasteiger partial charge in [0, 0.05) is 93.3 Å². The molecule has 3 heterocycles. The van der Waals surface area contributed by atoms with Crippen LogP contribution in [-0.2, 0) is 65.6 Å². The van der Waals surface area contributed by atoms with Crippen molar-refractivity contribution in [2.75, 3.05) is 39.0 Å². The molecule has 1 aromatic heterocycles. The van der Waals surface area contributed by atoms with E-state index in [0.717, 1.165) is 41.5 Å². The van der Waals surface area contributed by atoms with Crippen LogP contribution in [-0.4, -0.2) is 181 Å². The lowest BCUT2D eigenvalue weighted by atomic mass is 9.95. The number of para-hydroxylation sites is 1. The Labute approximate surface area is 589 Å². The molecule has 2 aliphatic rings. The van der Waals surface area contributed by atoms with Gasteiger partial charge in [0.1, 0.15) is 42.3 Å². The van der Waals surface area contributed by atoms with Crippen molar-refractivity contribution in [3.8, 4) is 0 Å². The van der Waals surface area contributed by atoms with E-state index in [-0.39, 0.29) is 113 Å². The Hall–Kier alpha value is -9.00.